The Morgan fingerprint density at radius 3 is 2.38 bits per heavy atom. The first-order chi connectivity index (χ1) is 19.0. The number of nitrogens with one attached hydrogen (secondary N) is 3. The lowest BCUT2D eigenvalue weighted by Crippen LogP contribution is -2.44. The molecular formula is C28H29N7O3S. The van der Waals surface area contributed by atoms with E-state index >= 15 is 0 Å². The topological polar surface area (TPSA) is 129 Å². The minimum atomic E-state index is -0.740. The van der Waals surface area contributed by atoms with Crippen LogP contribution in [0.1, 0.15) is 30.7 Å². The predicted octanol–water partition coefficient (Wildman–Crippen LogP) is 3.65. The number of carbonyl (C=O) groups is 3. The molecule has 2 aromatic carbocycles. The van der Waals surface area contributed by atoms with Crippen molar-refractivity contribution in [2.24, 2.45) is 0 Å². The van der Waals surface area contributed by atoms with Crippen LogP contribution >= 0.6 is 11.3 Å². The van der Waals surface area contributed by atoms with Crippen molar-refractivity contribution >= 4 is 50.9 Å². The zero-order valence-electron chi connectivity index (χ0n) is 21.5. The standard InChI is InChI=1S/C28H29N7O3S/c1-18(36)29-13-14-30-23-17-24(33-25(32-23)19-7-3-2-4-8-19)34-26(37)28(38)35-15-11-20(12-16-35)27-31-21-9-5-6-10-22(21)39-27/h2-10,17,20H,11-16H2,1H3,(H,29,36)(H2,30,32,33,34,37). The Balaban J connectivity index is 1.23. The summed E-state index contributed by atoms with van der Waals surface area (Å²) in [5, 5.41) is 9.58. The Hall–Kier alpha value is -4.38. The van der Waals surface area contributed by atoms with E-state index in [0.717, 1.165) is 33.6 Å². The summed E-state index contributed by atoms with van der Waals surface area (Å²) in [6.07, 6.45) is 1.51. The van der Waals surface area contributed by atoms with Crippen molar-refractivity contribution in [2.75, 3.05) is 36.8 Å². The first kappa shape index (κ1) is 26.2. The van der Waals surface area contributed by atoms with E-state index in [1.807, 2.05) is 48.5 Å². The first-order valence-electron chi connectivity index (χ1n) is 12.8. The van der Waals surface area contributed by atoms with Gasteiger partial charge in [-0.2, -0.15) is 0 Å². The third-order valence-corrected chi connectivity index (χ3v) is 7.64. The van der Waals surface area contributed by atoms with E-state index < -0.39 is 11.8 Å². The maximum absolute atomic E-state index is 13.0. The molecule has 1 aliphatic rings. The van der Waals surface area contributed by atoms with Gasteiger partial charge in [-0.3, -0.25) is 14.4 Å². The van der Waals surface area contributed by atoms with Gasteiger partial charge in [0.15, 0.2) is 5.82 Å². The molecule has 3 amide bonds. The maximum atomic E-state index is 13.0. The van der Waals surface area contributed by atoms with Crippen LogP contribution in [0.25, 0.3) is 21.6 Å². The summed E-state index contributed by atoms with van der Waals surface area (Å²) >= 11 is 1.70. The van der Waals surface area contributed by atoms with E-state index in [1.54, 1.807) is 22.3 Å². The van der Waals surface area contributed by atoms with Crippen molar-refractivity contribution in [3.05, 3.63) is 65.7 Å². The molecule has 39 heavy (non-hydrogen) atoms. The molecule has 11 heteroatoms. The zero-order valence-corrected chi connectivity index (χ0v) is 22.3. The van der Waals surface area contributed by atoms with Crippen LogP contribution < -0.4 is 16.0 Å². The number of aromatic nitrogens is 3. The molecule has 2 aromatic heterocycles. The third-order valence-electron chi connectivity index (χ3n) is 6.44. The Morgan fingerprint density at radius 1 is 0.923 bits per heavy atom. The lowest BCUT2D eigenvalue weighted by molar-refractivity contribution is -0.143. The Labute approximate surface area is 229 Å². The highest BCUT2D eigenvalue weighted by Gasteiger charge is 2.29. The van der Waals surface area contributed by atoms with Crippen molar-refractivity contribution in [3.63, 3.8) is 0 Å². The number of amides is 3. The highest BCUT2D eigenvalue weighted by Crippen LogP contribution is 2.33. The number of anilines is 2. The Bertz CT molecular complexity index is 1450. The molecule has 200 valence electrons. The second-order valence-electron chi connectivity index (χ2n) is 9.28. The SMILES string of the molecule is CC(=O)NCCNc1cc(NC(=O)C(=O)N2CCC(c3nc4ccccc4s3)CC2)nc(-c2ccccc2)n1. The molecule has 1 saturated heterocycles. The number of hydrogen-bond acceptors (Lipinski definition) is 8. The number of carbonyl (C=O) groups excluding carboxylic acids is 3. The number of fused-ring (bicyclic) bond motifs is 1. The number of para-hydroxylation sites is 1. The van der Waals surface area contributed by atoms with Gasteiger partial charge in [-0.15, -0.1) is 11.3 Å². The number of thiazole rings is 1. The minimum Gasteiger partial charge on any atom is -0.368 e. The van der Waals surface area contributed by atoms with Gasteiger partial charge in [0.05, 0.1) is 15.2 Å². The van der Waals surface area contributed by atoms with E-state index in [2.05, 4.69) is 32.0 Å². The van der Waals surface area contributed by atoms with Crippen LogP contribution in [-0.2, 0) is 14.4 Å². The smallest absolute Gasteiger partial charge is 0.315 e. The van der Waals surface area contributed by atoms with E-state index in [4.69, 9.17) is 4.98 Å². The van der Waals surface area contributed by atoms with Gasteiger partial charge in [0.25, 0.3) is 0 Å². The Morgan fingerprint density at radius 2 is 1.64 bits per heavy atom. The third kappa shape index (κ3) is 6.55. The van der Waals surface area contributed by atoms with Crippen LogP contribution in [0.4, 0.5) is 11.6 Å². The fourth-order valence-corrected chi connectivity index (χ4v) is 5.59. The maximum Gasteiger partial charge on any atom is 0.315 e. The lowest BCUT2D eigenvalue weighted by Gasteiger charge is -2.30. The monoisotopic (exact) mass is 543 g/mol. The van der Waals surface area contributed by atoms with Crippen LogP contribution in [0.15, 0.2) is 60.7 Å². The second kappa shape index (κ2) is 12.0. The molecule has 0 saturated carbocycles. The fraction of sp³-hybridized carbons (Fsp3) is 0.286. The molecular weight excluding hydrogens is 514 g/mol. The summed E-state index contributed by atoms with van der Waals surface area (Å²) in [6.45, 7) is 3.27. The van der Waals surface area contributed by atoms with E-state index in [-0.39, 0.29) is 17.6 Å². The van der Waals surface area contributed by atoms with Gasteiger partial charge < -0.3 is 20.9 Å². The highest BCUT2D eigenvalue weighted by atomic mass is 32.1. The summed E-state index contributed by atoms with van der Waals surface area (Å²) in [4.78, 5) is 52.4. The van der Waals surface area contributed by atoms with Crippen molar-refractivity contribution in [2.45, 2.75) is 25.7 Å². The average Bonchev–Trinajstić information content (AvgIpc) is 3.40. The van der Waals surface area contributed by atoms with Crippen molar-refractivity contribution in [1.29, 1.82) is 0 Å². The molecule has 0 aliphatic carbocycles. The number of benzene rings is 2. The summed E-state index contributed by atoms with van der Waals surface area (Å²) in [5.41, 5.74) is 1.76. The van der Waals surface area contributed by atoms with Gasteiger partial charge in [-0.1, -0.05) is 42.5 Å². The molecule has 0 bridgehead atoms. The van der Waals surface area contributed by atoms with Crippen molar-refractivity contribution < 1.29 is 14.4 Å². The normalized spacial score (nSPS) is 13.7. The summed E-state index contributed by atoms with van der Waals surface area (Å²) in [7, 11) is 0. The van der Waals surface area contributed by atoms with Crippen LogP contribution in [0.5, 0.6) is 0 Å². The van der Waals surface area contributed by atoms with Gasteiger partial charge in [-0.05, 0) is 25.0 Å². The average molecular weight is 544 g/mol. The predicted molar refractivity (Wildman–Crippen MR) is 151 cm³/mol. The lowest BCUT2D eigenvalue weighted by atomic mass is 9.97. The molecule has 4 aromatic rings. The summed E-state index contributed by atoms with van der Waals surface area (Å²) < 4.78 is 1.16. The van der Waals surface area contributed by atoms with Crippen LogP contribution in [0, 0.1) is 0 Å². The molecule has 0 unspecified atom stereocenters. The van der Waals surface area contributed by atoms with E-state index in [1.165, 1.54) is 6.92 Å². The molecule has 0 radical (unpaired) electrons. The number of piperidine rings is 1. The largest absolute Gasteiger partial charge is 0.368 e. The summed E-state index contributed by atoms with van der Waals surface area (Å²) in [5.74, 6) is -0.0918. The van der Waals surface area contributed by atoms with Gasteiger partial charge >= 0.3 is 11.8 Å². The molecule has 1 aliphatic heterocycles. The van der Waals surface area contributed by atoms with Gasteiger partial charge in [0.1, 0.15) is 11.6 Å². The highest BCUT2D eigenvalue weighted by molar-refractivity contribution is 7.18. The second-order valence-corrected chi connectivity index (χ2v) is 10.3. The minimum absolute atomic E-state index is 0.125. The van der Waals surface area contributed by atoms with Gasteiger partial charge in [0, 0.05) is 50.7 Å². The molecule has 1 fully saturated rings. The van der Waals surface area contributed by atoms with Crippen molar-refractivity contribution in [1.82, 2.24) is 25.2 Å². The molecule has 3 N–H and O–H groups in total. The quantitative estimate of drug-likeness (QED) is 0.240. The molecule has 10 nitrogen and oxygen atoms in total. The van der Waals surface area contributed by atoms with E-state index in [0.29, 0.717) is 37.8 Å². The van der Waals surface area contributed by atoms with Crippen LogP contribution in [0.2, 0.25) is 0 Å². The molecule has 0 atom stereocenters. The van der Waals surface area contributed by atoms with Crippen LogP contribution in [0.3, 0.4) is 0 Å². The first-order valence-corrected chi connectivity index (χ1v) is 13.7. The van der Waals surface area contributed by atoms with E-state index in [9.17, 15) is 14.4 Å². The molecule has 0 spiro atoms. The van der Waals surface area contributed by atoms with Crippen molar-refractivity contribution in [3.8, 4) is 11.4 Å². The number of nitrogens with zero attached hydrogens (tertiary/aromatic N) is 4. The van der Waals surface area contributed by atoms with Crippen LogP contribution in [-0.4, -0.2) is 63.8 Å². The molecule has 3 heterocycles. The molecule has 5 rings (SSSR count). The Kier molecular flexibility index (Phi) is 8.07. The summed E-state index contributed by atoms with van der Waals surface area (Å²) in [6, 6.07) is 19.0. The number of rotatable bonds is 7. The zero-order chi connectivity index (χ0) is 27.2. The fourth-order valence-electron chi connectivity index (χ4n) is 4.45. The van der Waals surface area contributed by atoms with Gasteiger partial charge in [0.2, 0.25) is 5.91 Å². The number of hydrogen-bond donors (Lipinski definition) is 3. The number of likely N-dealkylation sites (tertiary alicyclic amines) is 1. The van der Waals surface area contributed by atoms with Gasteiger partial charge in [-0.25, -0.2) is 15.0 Å².